The molecule has 1 aliphatic heterocycles. The van der Waals surface area contributed by atoms with E-state index in [1.807, 2.05) is 24.3 Å². The highest BCUT2D eigenvalue weighted by atomic mass is 16.4. The van der Waals surface area contributed by atoms with E-state index in [4.69, 9.17) is 15.9 Å². The normalized spacial score (nSPS) is 18.2. The van der Waals surface area contributed by atoms with Crippen LogP contribution in [0.5, 0.6) is 0 Å². The Labute approximate surface area is 172 Å². The predicted molar refractivity (Wildman–Crippen MR) is 107 cm³/mol. The van der Waals surface area contributed by atoms with Crippen molar-refractivity contribution in [1.29, 1.82) is 0 Å². The summed E-state index contributed by atoms with van der Waals surface area (Å²) in [5, 5.41) is 21.1. The highest BCUT2D eigenvalue weighted by Crippen LogP contribution is 2.22. The number of H-pyrrole nitrogens is 1. The van der Waals surface area contributed by atoms with Gasteiger partial charge < -0.3 is 31.1 Å². The lowest BCUT2D eigenvalue weighted by Crippen LogP contribution is -2.54. The van der Waals surface area contributed by atoms with E-state index >= 15 is 0 Å². The number of hydrogen-bond acceptors (Lipinski definition) is 5. The molecule has 1 aromatic carbocycles. The van der Waals surface area contributed by atoms with Crippen molar-refractivity contribution in [1.82, 2.24) is 15.2 Å². The molecule has 1 aromatic heterocycles. The fraction of sp³-hybridized carbons (Fsp3) is 0.400. The molecule has 1 saturated heterocycles. The van der Waals surface area contributed by atoms with E-state index in [0.29, 0.717) is 19.4 Å². The summed E-state index contributed by atoms with van der Waals surface area (Å²) in [6, 6.07) is 4.34. The molecule has 0 spiro atoms. The second-order valence-corrected chi connectivity index (χ2v) is 7.36. The van der Waals surface area contributed by atoms with E-state index < -0.39 is 48.3 Å². The number of nitrogens with zero attached hydrogens (tertiary/aromatic N) is 1. The van der Waals surface area contributed by atoms with Gasteiger partial charge in [-0.05, 0) is 30.9 Å². The predicted octanol–water partition coefficient (Wildman–Crippen LogP) is 0.0728. The number of likely N-dealkylation sites (tertiary alicyclic amines) is 1. The average molecular weight is 416 g/mol. The van der Waals surface area contributed by atoms with Gasteiger partial charge in [0.1, 0.15) is 12.1 Å². The number of fused-ring (bicyclic) bond motifs is 1. The molecule has 10 heteroatoms. The zero-order valence-corrected chi connectivity index (χ0v) is 16.2. The minimum atomic E-state index is -1.56. The van der Waals surface area contributed by atoms with Gasteiger partial charge in [-0.25, -0.2) is 4.79 Å². The van der Waals surface area contributed by atoms with Crippen LogP contribution in [0.4, 0.5) is 0 Å². The molecule has 3 rings (SSSR count). The molecule has 30 heavy (non-hydrogen) atoms. The Morgan fingerprint density at radius 1 is 1.23 bits per heavy atom. The van der Waals surface area contributed by atoms with Crippen molar-refractivity contribution in [2.75, 3.05) is 6.54 Å². The summed E-state index contributed by atoms with van der Waals surface area (Å²) in [4.78, 5) is 52.0. The number of hydrogen-bond donors (Lipinski definition) is 5. The topological polar surface area (TPSA) is 166 Å². The maximum absolute atomic E-state index is 12.9. The van der Waals surface area contributed by atoms with Gasteiger partial charge in [0.15, 0.2) is 0 Å². The van der Waals surface area contributed by atoms with Gasteiger partial charge in [-0.15, -0.1) is 0 Å². The summed E-state index contributed by atoms with van der Waals surface area (Å²) in [6.07, 6.45) is 2.26. The van der Waals surface area contributed by atoms with Crippen molar-refractivity contribution in [3.63, 3.8) is 0 Å². The van der Waals surface area contributed by atoms with E-state index in [1.165, 1.54) is 4.90 Å². The largest absolute Gasteiger partial charge is 0.481 e. The maximum atomic E-state index is 12.9. The molecule has 0 saturated carbocycles. The van der Waals surface area contributed by atoms with Crippen LogP contribution in [-0.4, -0.2) is 68.5 Å². The summed E-state index contributed by atoms with van der Waals surface area (Å²) in [6.45, 7) is 0.329. The maximum Gasteiger partial charge on any atom is 0.326 e. The number of carbonyl (C=O) groups excluding carboxylic acids is 2. The first-order chi connectivity index (χ1) is 14.3. The molecule has 160 valence electrons. The number of carboxylic acids is 2. The Balaban J connectivity index is 1.67. The summed E-state index contributed by atoms with van der Waals surface area (Å²) < 4.78 is 0. The summed E-state index contributed by atoms with van der Waals surface area (Å²) in [5.74, 6) is -3.88. The van der Waals surface area contributed by atoms with Crippen LogP contribution in [-0.2, 0) is 25.6 Å². The van der Waals surface area contributed by atoms with Crippen LogP contribution < -0.4 is 11.1 Å². The third-order valence-electron chi connectivity index (χ3n) is 5.26. The highest BCUT2D eigenvalue weighted by Gasteiger charge is 2.38. The number of aliphatic carboxylic acids is 2. The second kappa shape index (κ2) is 8.95. The summed E-state index contributed by atoms with van der Waals surface area (Å²) in [7, 11) is 0. The molecule has 1 aliphatic rings. The SMILES string of the molecule is N[C@@H](Cc1c[nH]c2ccccc12)C(=O)N1CCC[C@H]1C(=O)N[C@@H](CC(=O)O)C(=O)O. The third kappa shape index (κ3) is 4.60. The van der Waals surface area contributed by atoms with E-state index in [0.717, 1.165) is 16.5 Å². The van der Waals surface area contributed by atoms with E-state index in [-0.39, 0.29) is 6.42 Å². The number of rotatable bonds is 8. The van der Waals surface area contributed by atoms with Crippen LogP contribution >= 0.6 is 0 Å². The number of aromatic amines is 1. The van der Waals surface area contributed by atoms with Gasteiger partial charge in [0.05, 0.1) is 12.5 Å². The lowest BCUT2D eigenvalue weighted by molar-refractivity contribution is -0.148. The molecular weight excluding hydrogens is 392 g/mol. The van der Waals surface area contributed by atoms with Gasteiger partial charge in [-0.3, -0.25) is 14.4 Å². The van der Waals surface area contributed by atoms with Gasteiger partial charge >= 0.3 is 11.9 Å². The lowest BCUT2D eigenvalue weighted by Gasteiger charge is -2.27. The van der Waals surface area contributed by atoms with Gasteiger partial charge in [0.2, 0.25) is 11.8 Å². The van der Waals surface area contributed by atoms with Gasteiger partial charge in [-0.2, -0.15) is 0 Å². The average Bonchev–Trinajstić information content (AvgIpc) is 3.34. The first-order valence-corrected chi connectivity index (χ1v) is 9.64. The minimum absolute atomic E-state index is 0.282. The first kappa shape index (κ1) is 21.3. The third-order valence-corrected chi connectivity index (χ3v) is 5.26. The zero-order chi connectivity index (χ0) is 21.8. The first-order valence-electron chi connectivity index (χ1n) is 9.64. The monoisotopic (exact) mass is 416 g/mol. The van der Waals surface area contributed by atoms with E-state index in [9.17, 15) is 19.2 Å². The Kier molecular flexibility index (Phi) is 6.36. The number of nitrogens with two attached hydrogens (primary N) is 1. The molecule has 2 aromatic rings. The quantitative estimate of drug-likeness (QED) is 0.406. The molecular formula is C20H24N4O6. The van der Waals surface area contributed by atoms with Crippen LogP contribution in [0.1, 0.15) is 24.8 Å². The molecule has 10 nitrogen and oxygen atoms in total. The molecule has 0 bridgehead atoms. The number of amides is 2. The Morgan fingerprint density at radius 2 is 1.97 bits per heavy atom. The van der Waals surface area contributed by atoms with Gasteiger partial charge in [0.25, 0.3) is 0 Å². The van der Waals surface area contributed by atoms with E-state index in [2.05, 4.69) is 10.3 Å². The molecule has 6 N–H and O–H groups in total. The van der Waals surface area contributed by atoms with Crippen molar-refractivity contribution < 1.29 is 29.4 Å². The van der Waals surface area contributed by atoms with Crippen molar-refractivity contribution in [2.24, 2.45) is 5.73 Å². The van der Waals surface area contributed by atoms with Gasteiger partial charge in [0, 0.05) is 23.6 Å². The smallest absolute Gasteiger partial charge is 0.326 e. The van der Waals surface area contributed by atoms with Crippen molar-refractivity contribution in [2.45, 2.75) is 43.8 Å². The molecule has 0 unspecified atom stereocenters. The molecule has 1 fully saturated rings. The number of carboxylic acid groups (broad SMARTS) is 2. The number of nitrogens with one attached hydrogen (secondary N) is 2. The Hall–Kier alpha value is -3.40. The fourth-order valence-corrected chi connectivity index (χ4v) is 3.78. The highest BCUT2D eigenvalue weighted by molar-refractivity contribution is 5.93. The van der Waals surface area contributed by atoms with Crippen LogP contribution in [0, 0.1) is 0 Å². The van der Waals surface area contributed by atoms with Crippen LogP contribution in [0.25, 0.3) is 10.9 Å². The van der Waals surface area contributed by atoms with E-state index in [1.54, 1.807) is 6.20 Å². The number of aromatic nitrogens is 1. The Bertz CT molecular complexity index is 971. The molecule has 2 amide bonds. The van der Waals surface area contributed by atoms with Crippen molar-refractivity contribution in [3.8, 4) is 0 Å². The van der Waals surface area contributed by atoms with Crippen molar-refractivity contribution >= 4 is 34.7 Å². The standard InChI is InChI=1S/C20H24N4O6/c21-13(8-11-10-22-14-5-2-1-4-12(11)14)19(28)24-7-3-6-16(24)18(27)23-15(20(29)30)9-17(25)26/h1-2,4-5,10,13,15-16,22H,3,6-9,21H2,(H,23,27)(H,25,26)(H,29,30)/t13-,15-,16-/m0/s1. The summed E-state index contributed by atoms with van der Waals surface area (Å²) >= 11 is 0. The number of carbonyl (C=O) groups is 4. The number of para-hydroxylation sites is 1. The van der Waals surface area contributed by atoms with Gasteiger partial charge in [-0.1, -0.05) is 18.2 Å². The molecule has 0 radical (unpaired) electrons. The number of benzene rings is 1. The zero-order valence-electron chi connectivity index (χ0n) is 16.2. The lowest BCUT2D eigenvalue weighted by atomic mass is 10.0. The van der Waals surface area contributed by atoms with Crippen molar-refractivity contribution in [3.05, 3.63) is 36.0 Å². The summed E-state index contributed by atoms with van der Waals surface area (Å²) in [5.41, 5.74) is 7.97. The molecule has 3 atom stereocenters. The second-order valence-electron chi connectivity index (χ2n) is 7.36. The van der Waals surface area contributed by atoms with Crippen LogP contribution in [0.2, 0.25) is 0 Å². The van der Waals surface area contributed by atoms with Crippen LogP contribution in [0.3, 0.4) is 0 Å². The molecule has 0 aliphatic carbocycles. The van der Waals surface area contributed by atoms with Crippen LogP contribution in [0.15, 0.2) is 30.5 Å². The molecule has 2 heterocycles. The Morgan fingerprint density at radius 3 is 2.67 bits per heavy atom. The fourth-order valence-electron chi connectivity index (χ4n) is 3.78. The minimum Gasteiger partial charge on any atom is -0.481 e.